The summed E-state index contributed by atoms with van der Waals surface area (Å²) in [5.41, 5.74) is -0.520. The Labute approximate surface area is 340 Å². The molecule has 4 aromatic rings. The Morgan fingerprint density at radius 2 is 1.55 bits per heavy atom. The highest BCUT2D eigenvalue weighted by molar-refractivity contribution is 8.18. The number of thiophene rings is 1. The fraction of sp³-hybridized carbons (Fsp3) is 0.575. The number of halogens is 4. The number of alkyl halides is 3. The summed E-state index contributed by atoms with van der Waals surface area (Å²) in [5, 5.41) is 0.925. The number of hydrogen-bond acceptors (Lipinski definition) is 8. The summed E-state index contributed by atoms with van der Waals surface area (Å²) in [6, 6.07) is 5.33. The largest absolute Gasteiger partial charge is 0.444 e. The average Bonchev–Trinajstić information content (AvgIpc) is 3.36. The summed E-state index contributed by atoms with van der Waals surface area (Å²) in [6.07, 6.45) is -1.85. The minimum absolute atomic E-state index is 0.150. The van der Waals surface area contributed by atoms with Gasteiger partial charge in [0, 0.05) is 56.9 Å². The molecule has 1 saturated heterocycles. The van der Waals surface area contributed by atoms with Crippen LogP contribution in [0.4, 0.5) is 23.8 Å². The van der Waals surface area contributed by atoms with Crippen LogP contribution in [-0.4, -0.2) is 75.1 Å². The zero-order valence-corrected chi connectivity index (χ0v) is 37.5. The first-order valence-corrected chi connectivity index (χ1v) is 24.3. The molecular formula is C40H54ClF3N6O3S2Si. The lowest BCUT2D eigenvalue weighted by Gasteiger charge is -2.45. The summed E-state index contributed by atoms with van der Waals surface area (Å²) in [5.74, 6) is 0.731. The van der Waals surface area contributed by atoms with Gasteiger partial charge in [-0.1, -0.05) is 53.1 Å². The van der Waals surface area contributed by atoms with Crippen molar-refractivity contribution in [2.45, 2.75) is 138 Å². The maximum absolute atomic E-state index is 15.1. The van der Waals surface area contributed by atoms with Crippen molar-refractivity contribution in [2.75, 3.05) is 23.7 Å². The fourth-order valence-corrected chi connectivity index (χ4v) is 23.9. The van der Waals surface area contributed by atoms with E-state index < -0.39 is 48.1 Å². The molecule has 1 amide bonds. The van der Waals surface area contributed by atoms with Gasteiger partial charge in [-0.15, -0.1) is 11.3 Å². The monoisotopic (exact) mass is 850 g/mol. The molecule has 0 spiro atoms. The number of nitrogens with zero attached hydrogens (tertiary/aromatic N) is 6. The molecule has 16 heteroatoms. The average molecular weight is 852 g/mol. The van der Waals surface area contributed by atoms with Gasteiger partial charge in [0.25, 0.3) is 0 Å². The Morgan fingerprint density at radius 3 is 2.09 bits per heavy atom. The van der Waals surface area contributed by atoms with Crippen LogP contribution in [0.25, 0.3) is 10.9 Å². The molecule has 9 nitrogen and oxygen atoms in total. The van der Waals surface area contributed by atoms with E-state index in [0.717, 1.165) is 10.3 Å². The van der Waals surface area contributed by atoms with Gasteiger partial charge >= 0.3 is 18.0 Å². The quantitative estimate of drug-likeness (QED) is 0.146. The Bertz CT molecular complexity index is 2120. The molecule has 3 aromatic heterocycles. The number of thiol groups is 1. The number of ether oxygens (including phenoxy) is 1. The number of benzene rings is 1. The second kappa shape index (κ2) is 15.6. The molecule has 2 unspecified atom stereocenters. The third kappa shape index (κ3) is 7.73. The topological polar surface area (TPSA) is 93.5 Å². The minimum Gasteiger partial charge on any atom is -0.444 e. The summed E-state index contributed by atoms with van der Waals surface area (Å²) in [7, 11) is -3.77. The molecular weight excluding hydrogens is 797 g/mol. The Hall–Kier alpha value is -3.14. The highest BCUT2D eigenvalue weighted by Gasteiger charge is 2.48. The van der Waals surface area contributed by atoms with E-state index in [-0.39, 0.29) is 48.8 Å². The highest BCUT2D eigenvalue weighted by Crippen LogP contribution is 2.57. The Kier molecular flexibility index (Phi) is 11.8. The molecule has 1 aromatic carbocycles. The second-order valence-electron chi connectivity index (χ2n) is 17.3. The van der Waals surface area contributed by atoms with Crippen molar-refractivity contribution in [3.63, 3.8) is 0 Å². The van der Waals surface area contributed by atoms with Crippen LogP contribution in [0.5, 0.6) is 0 Å². The van der Waals surface area contributed by atoms with E-state index >= 15 is 13.2 Å². The number of anilines is 1. The molecule has 56 heavy (non-hydrogen) atoms. The fourth-order valence-electron chi connectivity index (χ4n) is 9.39. The van der Waals surface area contributed by atoms with Crippen molar-refractivity contribution in [3.8, 4) is 0 Å². The van der Waals surface area contributed by atoms with Crippen LogP contribution in [0.1, 0.15) is 93.5 Å². The molecule has 0 saturated carbocycles. The van der Waals surface area contributed by atoms with Crippen LogP contribution >= 0.6 is 33.8 Å². The molecule has 1 fully saturated rings. The number of carbonyl (C=O) groups excluding carboxylic acids is 1. The molecule has 5 heterocycles. The van der Waals surface area contributed by atoms with Gasteiger partial charge in [0.05, 0.1) is 28.2 Å². The first kappa shape index (κ1) is 42.5. The van der Waals surface area contributed by atoms with Crippen LogP contribution in [0.15, 0.2) is 50.6 Å². The lowest BCUT2D eigenvalue weighted by atomic mass is 10.1. The van der Waals surface area contributed by atoms with Crippen molar-refractivity contribution in [1.29, 1.82) is 0 Å². The van der Waals surface area contributed by atoms with Crippen LogP contribution in [0.3, 0.4) is 0 Å². The van der Waals surface area contributed by atoms with E-state index in [9.17, 15) is 9.59 Å². The van der Waals surface area contributed by atoms with E-state index in [1.807, 2.05) is 24.8 Å². The van der Waals surface area contributed by atoms with Gasteiger partial charge in [-0.05, 0) is 81.3 Å². The lowest BCUT2D eigenvalue weighted by Crippen LogP contribution is -2.59. The van der Waals surface area contributed by atoms with Gasteiger partial charge in [-0.2, -0.15) is 29.1 Å². The highest BCUT2D eigenvalue weighted by atomic mass is 35.5. The van der Waals surface area contributed by atoms with Gasteiger partial charge in [0.1, 0.15) is 25.3 Å². The number of aromatic nitrogens is 4. The molecule has 0 radical (unpaired) electrons. The molecule has 2 aliphatic heterocycles. The minimum atomic E-state index is -4.68. The first-order valence-electron chi connectivity index (χ1n) is 19.3. The van der Waals surface area contributed by atoms with Crippen LogP contribution in [-0.2, 0) is 17.5 Å². The first-order chi connectivity index (χ1) is 26.1. The van der Waals surface area contributed by atoms with E-state index in [2.05, 4.69) is 56.5 Å². The molecule has 0 N–H and O–H groups in total. The summed E-state index contributed by atoms with van der Waals surface area (Å²) < 4.78 is 54.6. The van der Waals surface area contributed by atoms with Crippen LogP contribution < -0.4 is 15.1 Å². The SMILES string of the molecule is CC(C)[Si](c1sc([SH]2CC(c3ncccn3)Cn3c(=O)nc(N4C[C@@H](C)N(C(=O)OC(C)(C)C)[C@@H](C)C4)c4cc(C(F)(F)F)cc2c43)cc1Cl)(C(C)C)C(C)C. The number of hydrogen-bond donors (Lipinski definition) is 1. The van der Waals surface area contributed by atoms with Crippen molar-refractivity contribution in [2.24, 2.45) is 0 Å². The van der Waals surface area contributed by atoms with Crippen molar-refractivity contribution < 1.29 is 22.7 Å². The standard InChI is InChI=1S/C40H54ClF3N6O3S2Si/c1-22(2)56(23(3)4,24(5)6)36-30(41)17-32(54-36)55-21-27(34-45-13-12-14-46-34)20-49-33-29(15-28(16-31(33)55)40(42,43)44)35(47-37(49)51)48-18-25(7)50(26(8)19-48)38(52)53-39(9,10)11/h12-17,22-27,55H,18-21H2,1-11H3/t25-,26+,27?. The summed E-state index contributed by atoms with van der Waals surface area (Å²) >= 11 is 8.93. The number of carbonyl (C=O) groups is 1. The van der Waals surface area contributed by atoms with Gasteiger partial charge < -0.3 is 9.64 Å². The van der Waals surface area contributed by atoms with Crippen LogP contribution in [0, 0.1) is 0 Å². The van der Waals surface area contributed by atoms with Crippen LogP contribution in [0.2, 0.25) is 21.6 Å². The Morgan fingerprint density at radius 1 is 0.964 bits per heavy atom. The van der Waals surface area contributed by atoms with Gasteiger partial charge in [-0.3, -0.25) is 9.47 Å². The van der Waals surface area contributed by atoms with E-state index in [4.69, 9.17) is 16.3 Å². The third-order valence-corrected chi connectivity index (χ3v) is 24.2. The lowest BCUT2D eigenvalue weighted by molar-refractivity contribution is -0.137. The van der Waals surface area contributed by atoms with Gasteiger partial charge in [0.15, 0.2) is 0 Å². The molecule has 0 aliphatic carbocycles. The van der Waals surface area contributed by atoms with Gasteiger partial charge in [-0.25, -0.2) is 19.6 Å². The zero-order chi connectivity index (χ0) is 41.2. The number of amides is 1. The number of piperazine rings is 1. The maximum atomic E-state index is 15.1. The normalized spacial score (nSPS) is 21.7. The molecule has 2 aliphatic rings. The molecule has 6 rings (SSSR count). The van der Waals surface area contributed by atoms with Gasteiger partial charge in [0.2, 0.25) is 0 Å². The maximum Gasteiger partial charge on any atom is 0.416 e. The second-order valence-corrected chi connectivity index (χ2v) is 27.4. The smallest absolute Gasteiger partial charge is 0.416 e. The Balaban J connectivity index is 1.60. The van der Waals surface area contributed by atoms with E-state index in [1.54, 1.807) is 55.5 Å². The third-order valence-electron chi connectivity index (χ3n) is 11.4. The predicted molar refractivity (Wildman–Crippen MR) is 225 cm³/mol. The molecule has 306 valence electrons. The van der Waals surface area contributed by atoms with Crippen molar-refractivity contribution >= 4 is 69.2 Å². The number of rotatable bonds is 7. The summed E-state index contributed by atoms with van der Waals surface area (Å²) in [4.78, 5) is 45.3. The molecule has 4 atom stereocenters. The predicted octanol–water partition coefficient (Wildman–Crippen LogP) is 9.86. The molecule has 0 bridgehead atoms. The zero-order valence-electron chi connectivity index (χ0n) is 34.0. The van der Waals surface area contributed by atoms with E-state index in [0.29, 0.717) is 43.6 Å². The van der Waals surface area contributed by atoms with Crippen molar-refractivity contribution in [3.05, 3.63) is 63.6 Å². The van der Waals surface area contributed by atoms with E-state index in [1.165, 1.54) is 15.1 Å². The van der Waals surface area contributed by atoms with Crippen molar-refractivity contribution in [1.82, 2.24) is 24.4 Å². The summed E-state index contributed by atoms with van der Waals surface area (Å²) in [6.45, 7) is 23.4.